The fraction of sp³-hybridized carbons (Fsp3) is 0.444. The molecule has 82 valence electrons. The number of carbonyl (C=O) groups is 1. The summed E-state index contributed by atoms with van der Waals surface area (Å²) in [5.41, 5.74) is 0. The molecule has 5 nitrogen and oxygen atoms in total. The van der Waals surface area contributed by atoms with Gasteiger partial charge in [0, 0.05) is 27.2 Å². The first-order valence-corrected chi connectivity index (χ1v) is 4.39. The Morgan fingerprint density at radius 1 is 1.40 bits per heavy atom. The topological polar surface area (TPSA) is 49.3 Å². The van der Waals surface area contributed by atoms with Gasteiger partial charge in [0.1, 0.15) is 12.1 Å². The lowest BCUT2D eigenvalue weighted by atomic mass is 10.4. The van der Waals surface area contributed by atoms with Crippen LogP contribution in [0.4, 0.5) is 10.2 Å². The van der Waals surface area contributed by atoms with E-state index >= 15 is 0 Å². The van der Waals surface area contributed by atoms with E-state index in [1.807, 2.05) is 0 Å². The molecule has 0 aromatic carbocycles. The number of hydrogen-bond donors (Lipinski definition) is 0. The predicted molar refractivity (Wildman–Crippen MR) is 54.0 cm³/mol. The van der Waals surface area contributed by atoms with Crippen LogP contribution in [0, 0.1) is 5.95 Å². The lowest BCUT2D eigenvalue weighted by molar-refractivity contribution is -0.127. The Morgan fingerprint density at radius 3 is 2.60 bits per heavy atom. The summed E-state index contributed by atoms with van der Waals surface area (Å²) < 4.78 is 12.8. The van der Waals surface area contributed by atoms with Gasteiger partial charge in [-0.1, -0.05) is 0 Å². The highest BCUT2D eigenvalue weighted by Crippen LogP contribution is 2.07. The first-order chi connectivity index (χ1) is 7.00. The molecule has 6 heteroatoms. The van der Waals surface area contributed by atoms with Crippen LogP contribution in [-0.4, -0.2) is 48.5 Å². The molecule has 0 spiro atoms. The molecule has 1 aromatic heterocycles. The zero-order valence-corrected chi connectivity index (χ0v) is 8.94. The van der Waals surface area contributed by atoms with E-state index in [0.717, 1.165) is 6.33 Å². The van der Waals surface area contributed by atoms with Gasteiger partial charge < -0.3 is 9.80 Å². The van der Waals surface area contributed by atoms with E-state index in [9.17, 15) is 9.18 Å². The lowest BCUT2D eigenvalue weighted by Crippen LogP contribution is -2.34. The van der Waals surface area contributed by atoms with Crippen LogP contribution >= 0.6 is 0 Å². The summed E-state index contributed by atoms with van der Waals surface area (Å²) in [6.07, 6.45) is 1.13. The number of amides is 1. The molecule has 1 aromatic rings. The number of hydrogen-bond acceptors (Lipinski definition) is 4. The molecule has 1 amide bonds. The SMILES string of the molecule is CN(C)C(=O)CN(C)c1cc(F)ncn1. The van der Waals surface area contributed by atoms with E-state index < -0.39 is 5.95 Å². The molecule has 0 aliphatic carbocycles. The van der Waals surface area contributed by atoms with Crippen molar-refractivity contribution in [3.8, 4) is 0 Å². The Hall–Kier alpha value is -1.72. The molecule has 1 heterocycles. The quantitative estimate of drug-likeness (QED) is 0.669. The van der Waals surface area contributed by atoms with Crippen molar-refractivity contribution in [1.29, 1.82) is 0 Å². The normalized spacial score (nSPS) is 9.87. The molecule has 0 saturated heterocycles. The summed E-state index contributed by atoms with van der Waals surface area (Å²) >= 11 is 0. The minimum atomic E-state index is -0.607. The highest BCUT2D eigenvalue weighted by molar-refractivity contribution is 5.80. The van der Waals surface area contributed by atoms with Crippen molar-refractivity contribution >= 4 is 11.7 Å². The van der Waals surface area contributed by atoms with Crippen LogP contribution in [0.1, 0.15) is 0 Å². The number of carbonyl (C=O) groups excluding carboxylic acids is 1. The minimum Gasteiger partial charge on any atom is -0.350 e. The van der Waals surface area contributed by atoms with Gasteiger partial charge in [0.15, 0.2) is 0 Å². The van der Waals surface area contributed by atoms with E-state index in [1.165, 1.54) is 11.0 Å². The Kier molecular flexibility index (Phi) is 3.54. The van der Waals surface area contributed by atoms with Gasteiger partial charge in [-0.2, -0.15) is 4.39 Å². The third kappa shape index (κ3) is 3.16. The van der Waals surface area contributed by atoms with Gasteiger partial charge in [0.2, 0.25) is 11.9 Å². The van der Waals surface area contributed by atoms with Crippen molar-refractivity contribution in [3.05, 3.63) is 18.3 Å². The van der Waals surface area contributed by atoms with E-state index in [4.69, 9.17) is 0 Å². The first kappa shape index (κ1) is 11.4. The Labute approximate surface area is 87.5 Å². The van der Waals surface area contributed by atoms with Gasteiger partial charge in [-0.25, -0.2) is 9.97 Å². The van der Waals surface area contributed by atoms with E-state index in [-0.39, 0.29) is 12.5 Å². The fourth-order valence-electron chi connectivity index (χ4n) is 0.958. The maximum absolute atomic E-state index is 12.8. The fourth-order valence-corrected chi connectivity index (χ4v) is 0.958. The second-order valence-electron chi connectivity index (χ2n) is 3.34. The molecular weight excluding hydrogens is 199 g/mol. The molecule has 0 N–H and O–H groups in total. The van der Waals surface area contributed by atoms with Crippen molar-refractivity contribution in [1.82, 2.24) is 14.9 Å². The van der Waals surface area contributed by atoms with Gasteiger partial charge >= 0.3 is 0 Å². The van der Waals surface area contributed by atoms with Gasteiger partial charge in [0.25, 0.3) is 0 Å². The summed E-state index contributed by atoms with van der Waals surface area (Å²) in [4.78, 5) is 21.6. The number of aromatic nitrogens is 2. The van der Waals surface area contributed by atoms with Crippen LogP contribution in [0.3, 0.4) is 0 Å². The molecule has 0 aliphatic rings. The molecule has 1 rings (SSSR count). The standard InChI is InChI=1S/C9H13FN4O/c1-13(2)9(15)5-14(3)8-4-7(10)11-6-12-8/h4,6H,5H2,1-3H3. The highest BCUT2D eigenvalue weighted by atomic mass is 19.1. The molecule has 0 fully saturated rings. The molecule has 0 radical (unpaired) electrons. The summed E-state index contributed by atoms with van der Waals surface area (Å²) in [6, 6.07) is 1.18. The molecule has 0 bridgehead atoms. The van der Waals surface area contributed by atoms with Gasteiger partial charge in [0.05, 0.1) is 6.54 Å². The monoisotopic (exact) mass is 212 g/mol. The van der Waals surface area contributed by atoms with Crippen LogP contribution in [0.25, 0.3) is 0 Å². The number of halogens is 1. The van der Waals surface area contributed by atoms with E-state index in [1.54, 1.807) is 26.0 Å². The van der Waals surface area contributed by atoms with Crippen molar-refractivity contribution < 1.29 is 9.18 Å². The van der Waals surface area contributed by atoms with Crippen LogP contribution in [0.15, 0.2) is 12.4 Å². The van der Waals surface area contributed by atoms with Crippen LogP contribution in [0.5, 0.6) is 0 Å². The average Bonchev–Trinajstić information content (AvgIpc) is 2.17. The second kappa shape index (κ2) is 4.68. The summed E-state index contributed by atoms with van der Waals surface area (Å²) in [5, 5.41) is 0. The van der Waals surface area contributed by atoms with Gasteiger partial charge in [-0.15, -0.1) is 0 Å². The van der Waals surface area contributed by atoms with E-state index in [2.05, 4.69) is 9.97 Å². The highest BCUT2D eigenvalue weighted by Gasteiger charge is 2.10. The molecule has 15 heavy (non-hydrogen) atoms. The minimum absolute atomic E-state index is 0.0727. The molecule has 0 saturated carbocycles. The number of likely N-dealkylation sites (N-methyl/N-ethyl adjacent to an activating group) is 2. The van der Waals surface area contributed by atoms with Crippen molar-refractivity contribution in [2.24, 2.45) is 0 Å². The third-order valence-electron chi connectivity index (χ3n) is 1.88. The van der Waals surface area contributed by atoms with Gasteiger partial charge in [-0.05, 0) is 0 Å². The predicted octanol–water partition coefficient (Wildman–Crippen LogP) is 0.140. The Balaban J connectivity index is 2.69. The van der Waals surface area contributed by atoms with Gasteiger partial charge in [-0.3, -0.25) is 4.79 Å². The maximum atomic E-state index is 12.8. The molecule has 0 unspecified atom stereocenters. The first-order valence-electron chi connectivity index (χ1n) is 4.39. The maximum Gasteiger partial charge on any atom is 0.241 e. The molecule has 0 aliphatic heterocycles. The third-order valence-corrected chi connectivity index (χ3v) is 1.88. The number of anilines is 1. The van der Waals surface area contributed by atoms with E-state index in [0.29, 0.717) is 5.82 Å². The average molecular weight is 212 g/mol. The Bertz CT molecular complexity index is 356. The lowest BCUT2D eigenvalue weighted by Gasteiger charge is -2.19. The van der Waals surface area contributed by atoms with Crippen LogP contribution in [-0.2, 0) is 4.79 Å². The Morgan fingerprint density at radius 2 is 2.07 bits per heavy atom. The second-order valence-corrected chi connectivity index (χ2v) is 3.34. The summed E-state index contributed by atoms with van der Waals surface area (Å²) in [6.45, 7) is 0.156. The smallest absolute Gasteiger partial charge is 0.241 e. The zero-order chi connectivity index (χ0) is 11.4. The number of rotatable bonds is 3. The summed E-state index contributed by atoms with van der Waals surface area (Å²) in [5.74, 6) is -0.293. The van der Waals surface area contributed by atoms with Crippen LogP contribution in [0.2, 0.25) is 0 Å². The van der Waals surface area contributed by atoms with Crippen molar-refractivity contribution in [2.75, 3.05) is 32.6 Å². The number of nitrogens with zero attached hydrogens (tertiary/aromatic N) is 4. The van der Waals surface area contributed by atoms with Crippen molar-refractivity contribution in [2.45, 2.75) is 0 Å². The zero-order valence-electron chi connectivity index (χ0n) is 8.94. The molecular formula is C9H13FN4O. The van der Waals surface area contributed by atoms with Crippen molar-refractivity contribution in [3.63, 3.8) is 0 Å². The summed E-state index contributed by atoms with van der Waals surface area (Å²) in [7, 11) is 5.00. The van der Waals surface area contributed by atoms with Crippen LogP contribution < -0.4 is 4.90 Å². The largest absolute Gasteiger partial charge is 0.350 e. The molecule has 0 atom stereocenters.